The molecule has 2 fully saturated rings. The molecular weight excluding hydrogens is 356 g/mol. The zero-order valence-electron chi connectivity index (χ0n) is 15.1. The summed E-state index contributed by atoms with van der Waals surface area (Å²) >= 11 is 0. The van der Waals surface area contributed by atoms with E-state index in [0.29, 0.717) is 18.4 Å². The number of imidazole rings is 1. The highest BCUT2D eigenvalue weighted by molar-refractivity contribution is 6.01. The van der Waals surface area contributed by atoms with Gasteiger partial charge in [0.05, 0.1) is 11.7 Å². The van der Waals surface area contributed by atoms with Crippen molar-refractivity contribution in [1.82, 2.24) is 20.0 Å². The van der Waals surface area contributed by atoms with Crippen LogP contribution in [0.4, 0.5) is 0 Å². The topological polar surface area (TPSA) is 95.7 Å². The number of Topliss-reactive ketones (excluding diaryl/α,β-unsaturated/α-hetero) is 1. The average Bonchev–Trinajstić information content (AvgIpc) is 3.39. The SMILES string of the molecule is O=C(O)C1CC2NC(C(=O)c3cccc(-c4cn5ccccc5n4)c3)CC2N1. The maximum atomic E-state index is 13.0. The van der Waals surface area contributed by atoms with Gasteiger partial charge in [0.1, 0.15) is 11.7 Å². The Morgan fingerprint density at radius 3 is 2.61 bits per heavy atom. The van der Waals surface area contributed by atoms with Crippen LogP contribution < -0.4 is 10.6 Å². The second kappa shape index (κ2) is 6.54. The van der Waals surface area contributed by atoms with Gasteiger partial charge >= 0.3 is 5.97 Å². The molecule has 5 rings (SSSR count). The summed E-state index contributed by atoms with van der Waals surface area (Å²) in [6, 6.07) is 12.6. The average molecular weight is 376 g/mol. The zero-order valence-corrected chi connectivity index (χ0v) is 15.1. The summed E-state index contributed by atoms with van der Waals surface area (Å²) in [6.45, 7) is 0. The van der Waals surface area contributed by atoms with E-state index < -0.39 is 12.0 Å². The molecule has 4 heterocycles. The Kier molecular flexibility index (Phi) is 3.99. The van der Waals surface area contributed by atoms with Crippen molar-refractivity contribution in [1.29, 1.82) is 0 Å². The van der Waals surface area contributed by atoms with E-state index in [1.54, 1.807) is 0 Å². The number of nitrogens with one attached hydrogen (secondary N) is 2. The molecule has 4 atom stereocenters. The van der Waals surface area contributed by atoms with Gasteiger partial charge in [0.15, 0.2) is 5.78 Å². The lowest BCUT2D eigenvalue weighted by molar-refractivity contribution is -0.139. The summed E-state index contributed by atoms with van der Waals surface area (Å²) in [7, 11) is 0. The van der Waals surface area contributed by atoms with Crippen LogP contribution in [0.2, 0.25) is 0 Å². The highest BCUT2D eigenvalue weighted by Gasteiger charge is 2.45. The maximum absolute atomic E-state index is 13.0. The summed E-state index contributed by atoms with van der Waals surface area (Å²) < 4.78 is 1.95. The number of aromatic nitrogens is 2. The standard InChI is InChI=1S/C21H20N4O3/c26-20(16-9-14-15(22-16)10-17(23-14)21(27)28)13-5-3-4-12(8-13)18-11-25-7-2-1-6-19(25)24-18/h1-8,11,14-17,22-23H,9-10H2,(H,27,28). The van der Waals surface area contributed by atoms with Gasteiger partial charge in [-0.15, -0.1) is 0 Å². The van der Waals surface area contributed by atoms with Crippen LogP contribution in [0.5, 0.6) is 0 Å². The Bertz CT molecular complexity index is 1030. The van der Waals surface area contributed by atoms with Gasteiger partial charge in [-0.05, 0) is 31.0 Å². The van der Waals surface area contributed by atoms with Gasteiger partial charge in [-0.3, -0.25) is 14.9 Å². The second-order valence-electron chi connectivity index (χ2n) is 7.50. The number of carboxylic acid groups (broad SMARTS) is 1. The summed E-state index contributed by atoms with van der Waals surface area (Å²) in [4.78, 5) is 28.8. The Morgan fingerprint density at radius 2 is 1.82 bits per heavy atom. The van der Waals surface area contributed by atoms with Crippen molar-refractivity contribution in [2.45, 2.75) is 37.0 Å². The van der Waals surface area contributed by atoms with E-state index in [0.717, 1.165) is 16.9 Å². The first kappa shape index (κ1) is 17.1. The molecule has 0 radical (unpaired) electrons. The Hall–Kier alpha value is -3.03. The van der Waals surface area contributed by atoms with E-state index >= 15 is 0 Å². The molecule has 142 valence electrons. The van der Waals surface area contributed by atoms with Crippen molar-refractivity contribution in [3.8, 4) is 11.3 Å². The fraction of sp³-hybridized carbons (Fsp3) is 0.286. The van der Waals surface area contributed by atoms with Crippen molar-refractivity contribution in [2.24, 2.45) is 0 Å². The molecule has 0 amide bonds. The number of nitrogens with zero attached hydrogens (tertiary/aromatic N) is 2. The number of aliphatic carboxylic acids is 1. The molecule has 0 bridgehead atoms. The molecule has 7 nitrogen and oxygen atoms in total. The Labute approximate surface area is 161 Å². The number of carboxylic acids is 1. The summed E-state index contributed by atoms with van der Waals surface area (Å²) in [5.74, 6) is -0.798. The first-order valence-corrected chi connectivity index (χ1v) is 9.42. The molecule has 2 aliphatic heterocycles. The first-order valence-electron chi connectivity index (χ1n) is 9.42. The molecule has 2 saturated heterocycles. The van der Waals surface area contributed by atoms with Crippen molar-refractivity contribution >= 4 is 17.4 Å². The molecule has 0 spiro atoms. The fourth-order valence-corrected chi connectivity index (χ4v) is 4.32. The van der Waals surface area contributed by atoms with Crippen molar-refractivity contribution in [3.63, 3.8) is 0 Å². The Morgan fingerprint density at radius 1 is 1.04 bits per heavy atom. The van der Waals surface area contributed by atoms with E-state index in [1.165, 1.54) is 0 Å². The molecule has 4 unspecified atom stereocenters. The lowest BCUT2D eigenvalue weighted by Gasteiger charge is -2.14. The fourth-order valence-electron chi connectivity index (χ4n) is 4.32. The third-order valence-corrected chi connectivity index (χ3v) is 5.72. The number of pyridine rings is 1. The molecule has 2 aromatic heterocycles. The van der Waals surface area contributed by atoms with Gasteiger partial charge in [0.25, 0.3) is 0 Å². The summed E-state index contributed by atoms with van der Waals surface area (Å²) in [6.07, 6.45) is 5.00. The number of carbonyl (C=O) groups is 2. The quantitative estimate of drug-likeness (QED) is 0.600. The molecule has 0 saturated carbocycles. The van der Waals surface area contributed by atoms with E-state index in [1.807, 2.05) is 59.3 Å². The zero-order chi connectivity index (χ0) is 19.3. The minimum absolute atomic E-state index is 0.0247. The third-order valence-electron chi connectivity index (χ3n) is 5.72. The van der Waals surface area contributed by atoms with Gasteiger partial charge < -0.3 is 14.8 Å². The predicted octanol–water partition coefficient (Wildman–Crippen LogP) is 1.73. The molecule has 0 aliphatic carbocycles. The van der Waals surface area contributed by atoms with Crippen LogP contribution in [0.25, 0.3) is 16.9 Å². The monoisotopic (exact) mass is 376 g/mol. The van der Waals surface area contributed by atoms with Crippen molar-refractivity contribution < 1.29 is 14.7 Å². The molecule has 3 aromatic rings. The number of carbonyl (C=O) groups excluding carboxylic acids is 1. The summed E-state index contributed by atoms with van der Waals surface area (Å²) in [5.41, 5.74) is 3.22. The third kappa shape index (κ3) is 2.89. The Balaban J connectivity index is 1.35. The van der Waals surface area contributed by atoms with Gasteiger partial charge in [-0.2, -0.15) is 0 Å². The smallest absolute Gasteiger partial charge is 0.320 e. The number of ketones is 1. The van der Waals surface area contributed by atoms with Gasteiger partial charge in [0.2, 0.25) is 0 Å². The molecule has 7 heteroatoms. The van der Waals surface area contributed by atoms with Crippen LogP contribution in [0, 0.1) is 0 Å². The lowest BCUT2D eigenvalue weighted by Crippen LogP contribution is -2.38. The van der Waals surface area contributed by atoms with Crippen LogP contribution in [0.3, 0.4) is 0 Å². The number of fused-ring (bicyclic) bond motifs is 2. The van der Waals surface area contributed by atoms with Crippen LogP contribution in [0.15, 0.2) is 54.9 Å². The second-order valence-corrected chi connectivity index (χ2v) is 7.50. The highest BCUT2D eigenvalue weighted by Crippen LogP contribution is 2.27. The summed E-state index contributed by atoms with van der Waals surface area (Å²) in [5, 5.41) is 15.6. The van der Waals surface area contributed by atoms with E-state index in [9.17, 15) is 9.59 Å². The van der Waals surface area contributed by atoms with Crippen LogP contribution >= 0.6 is 0 Å². The minimum atomic E-state index is -0.834. The molecular formula is C21H20N4O3. The van der Waals surface area contributed by atoms with Gasteiger partial charge in [0, 0.05) is 35.6 Å². The van der Waals surface area contributed by atoms with Crippen LogP contribution in [0.1, 0.15) is 23.2 Å². The number of benzene rings is 1. The van der Waals surface area contributed by atoms with Crippen molar-refractivity contribution in [3.05, 3.63) is 60.4 Å². The number of hydrogen-bond acceptors (Lipinski definition) is 5. The van der Waals surface area contributed by atoms with Crippen molar-refractivity contribution in [2.75, 3.05) is 0 Å². The molecule has 3 N–H and O–H groups in total. The predicted molar refractivity (Wildman–Crippen MR) is 103 cm³/mol. The number of rotatable bonds is 4. The maximum Gasteiger partial charge on any atom is 0.320 e. The van der Waals surface area contributed by atoms with Gasteiger partial charge in [-0.1, -0.05) is 24.3 Å². The van der Waals surface area contributed by atoms with E-state index in [-0.39, 0.29) is 23.9 Å². The van der Waals surface area contributed by atoms with Gasteiger partial charge in [-0.25, -0.2) is 4.98 Å². The largest absolute Gasteiger partial charge is 0.480 e. The van der Waals surface area contributed by atoms with E-state index in [4.69, 9.17) is 5.11 Å². The normalized spacial score (nSPS) is 26.4. The minimum Gasteiger partial charge on any atom is -0.480 e. The first-order chi connectivity index (χ1) is 13.6. The lowest BCUT2D eigenvalue weighted by atomic mass is 9.99. The highest BCUT2D eigenvalue weighted by atomic mass is 16.4. The molecule has 1 aromatic carbocycles. The van der Waals surface area contributed by atoms with Crippen LogP contribution in [-0.4, -0.2) is 50.4 Å². The van der Waals surface area contributed by atoms with Crippen LogP contribution in [-0.2, 0) is 4.79 Å². The molecule has 2 aliphatic rings. The molecule has 28 heavy (non-hydrogen) atoms. The van der Waals surface area contributed by atoms with E-state index in [2.05, 4.69) is 15.6 Å². The number of hydrogen-bond donors (Lipinski definition) is 3.